The standard InChI is InChI=1S/C18H30N6O3/c1-19-17(22-12-7-14(8-13-22)16(25)27-2)20-9-5-11-24-18(26)23-10-4-3-6-15(23)21-24/h14H,3-13H2,1-2H3,(H,19,20). The van der Waals surface area contributed by atoms with Crippen molar-refractivity contribution in [1.29, 1.82) is 0 Å². The molecular weight excluding hydrogens is 348 g/mol. The molecule has 150 valence electrons. The first-order valence-electron chi connectivity index (χ1n) is 9.84. The minimum absolute atomic E-state index is 0.0109. The van der Waals surface area contributed by atoms with E-state index in [9.17, 15) is 9.59 Å². The summed E-state index contributed by atoms with van der Waals surface area (Å²) in [5.74, 6) is 1.63. The van der Waals surface area contributed by atoms with Crippen LogP contribution >= 0.6 is 0 Å². The molecule has 1 aromatic rings. The van der Waals surface area contributed by atoms with Crippen molar-refractivity contribution in [3.05, 3.63) is 16.3 Å². The van der Waals surface area contributed by atoms with Gasteiger partial charge < -0.3 is 15.0 Å². The second kappa shape index (κ2) is 9.05. The Bertz CT molecular complexity index is 730. The third kappa shape index (κ3) is 4.51. The Balaban J connectivity index is 1.44. The van der Waals surface area contributed by atoms with Crippen LogP contribution in [0.2, 0.25) is 0 Å². The second-order valence-electron chi connectivity index (χ2n) is 7.14. The molecule has 9 nitrogen and oxygen atoms in total. The van der Waals surface area contributed by atoms with E-state index in [1.165, 1.54) is 7.11 Å². The van der Waals surface area contributed by atoms with E-state index in [2.05, 4.69) is 20.3 Å². The van der Waals surface area contributed by atoms with Gasteiger partial charge in [-0.15, -0.1) is 0 Å². The van der Waals surface area contributed by atoms with Crippen LogP contribution in [0.5, 0.6) is 0 Å². The third-order valence-corrected chi connectivity index (χ3v) is 5.40. The molecule has 0 radical (unpaired) electrons. The predicted octanol–water partition coefficient (Wildman–Crippen LogP) is 0.232. The summed E-state index contributed by atoms with van der Waals surface area (Å²) in [6.45, 7) is 3.69. The van der Waals surface area contributed by atoms with Gasteiger partial charge in [-0.25, -0.2) is 9.48 Å². The third-order valence-electron chi connectivity index (χ3n) is 5.40. The summed E-state index contributed by atoms with van der Waals surface area (Å²) in [5, 5.41) is 7.82. The van der Waals surface area contributed by atoms with Gasteiger partial charge in [-0.2, -0.15) is 5.10 Å². The number of carbonyl (C=O) groups is 1. The van der Waals surface area contributed by atoms with E-state index in [4.69, 9.17) is 4.74 Å². The number of nitrogens with one attached hydrogen (secondary N) is 1. The Morgan fingerprint density at radius 1 is 1.30 bits per heavy atom. The highest BCUT2D eigenvalue weighted by molar-refractivity contribution is 5.80. The number of aromatic nitrogens is 3. The zero-order valence-corrected chi connectivity index (χ0v) is 16.3. The fraction of sp³-hybridized carbons (Fsp3) is 0.778. The number of nitrogens with zero attached hydrogens (tertiary/aromatic N) is 5. The molecule has 0 atom stereocenters. The van der Waals surface area contributed by atoms with Gasteiger partial charge >= 0.3 is 11.7 Å². The van der Waals surface area contributed by atoms with Gasteiger partial charge in [0.05, 0.1) is 13.0 Å². The van der Waals surface area contributed by atoms with E-state index < -0.39 is 0 Å². The van der Waals surface area contributed by atoms with Crippen LogP contribution in [0.15, 0.2) is 9.79 Å². The van der Waals surface area contributed by atoms with Gasteiger partial charge in [0.1, 0.15) is 5.82 Å². The van der Waals surface area contributed by atoms with E-state index >= 15 is 0 Å². The lowest BCUT2D eigenvalue weighted by atomic mass is 9.97. The van der Waals surface area contributed by atoms with Gasteiger partial charge in [-0.1, -0.05) is 0 Å². The summed E-state index contributed by atoms with van der Waals surface area (Å²) in [5.41, 5.74) is 0.0129. The Labute approximate surface area is 159 Å². The normalized spacial score (nSPS) is 18.3. The first-order chi connectivity index (χ1) is 13.1. The highest BCUT2D eigenvalue weighted by Crippen LogP contribution is 2.18. The van der Waals surface area contributed by atoms with Crippen molar-refractivity contribution in [1.82, 2.24) is 24.6 Å². The first-order valence-corrected chi connectivity index (χ1v) is 9.84. The highest BCUT2D eigenvalue weighted by atomic mass is 16.5. The van der Waals surface area contributed by atoms with Crippen LogP contribution in [0.25, 0.3) is 0 Å². The Morgan fingerprint density at radius 3 is 2.74 bits per heavy atom. The molecule has 2 aliphatic rings. The van der Waals surface area contributed by atoms with Gasteiger partial charge in [0, 0.05) is 46.2 Å². The lowest BCUT2D eigenvalue weighted by molar-refractivity contribution is -0.146. The number of aliphatic imine (C=N–C) groups is 1. The maximum Gasteiger partial charge on any atom is 0.345 e. The van der Waals surface area contributed by atoms with Crippen LogP contribution in [-0.4, -0.2) is 65.0 Å². The van der Waals surface area contributed by atoms with Crippen LogP contribution < -0.4 is 11.0 Å². The van der Waals surface area contributed by atoms with Gasteiger partial charge in [-0.05, 0) is 32.1 Å². The van der Waals surface area contributed by atoms with Crippen molar-refractivity contribution < 1.29 is 9.53 Å². The van der Waals surface area contributed by atoms with Gasteiger partial charge in [0.2, 0.25) is 0 Å². The Kier molecular flexibility index (Phi) is 6.52. The largest absolute Gasteiger partial charge is 0.469 e. The number of aryl methyl sites for hydroxylation is 2. The minimum atomic E-state index is -0.120. The molecule has 1 aromatic heterocycles. The summed E-state index contributed by atoms with van der Waals surface area (Å²) in [4.78, 5) is 30.5. The first kappa shape index (κ1) is 19.4. The van der Waals surface area contributed by atoms with Gasteiger partial charge in [0.25, 0.3) is 0 Å². The number of guanidine groups is 1. The van der Waals surface area contributed by atoms with Crippen molar-refractivity contribution in [3.8, 4) is 0 Å². The lowest BCUT2D eigenvalue weighted by Crippen LogP contribution is -2.47. The van der Waals surface area contributed by atoms with Crippen LogP contribution in [0.1, 0.15) is 37.9 Å². The monoisotopic (exact) mass is 378 g/mol. The molecule has 3 rings (SSSR count). The van der Waals surface area contributed by atoms with E-state index in [0.717, 1.165) is 76.5 Å². The Morgan fingerprint density at radius 2 is 2.07 bits per heavy atom. The predicted molar refractivity (Wildman–Crippen MR) is 102 cm³/mol. The molecule has 2 aliphatic heterocycles. The Hall–Kier alpha value is -2.32. The fourth-order valence-electron chi connectivity index (χ4n) is 3.85. The molecule has 0 spiro atoms. The number of likely N-dealkylation sites (tertiary alicyclic amines) is 1. The molecule has 1 saturated heterocycles. The van der Waals surface area contributed by atoms with Crippen LogP contribution in [-0.2, 0) is 29.0 Å². The summed E-state index contributed by atoms with van der Waals surface area (Å²) in [6, 6.07) is 0. The number of hydrogen-bond acceptors (Lipinski definition) is 5. The zero-order valence-electron chi connectivity index (χ0n) is 16.3. The number of esters is 1. The number of rotatable bonds is 5. The SMILES string of the molecule is CN=C(NCCCn1nc2n(c1=O)CCCC2)N1CCC(C(=O)OC)CC1. The topological polar surface area (TPSA) is 93.8 Å². The van der Waals surface area contributed by atoms with E-state index in [0.29, 0.717) is 6.54 Å². The lowest BCUT2D eigenvalue weighted by Gasteiger charge is -2.33. The number of hydrogen-bond donors (Lipinski definition) is 1. The second-order valence-corrected chi connectivity index (χ2v) is 7.14. The van der Waals surface area contributed by atoms with Crippen LogP contribution in [0.3, 0.4) is 0 Å². The number of fused-ring (bicyclic) bond motifs is 1. The maximum atomic E-state index is 12.3. The highest BCUT2D eigenvalue weighted by Gasteiger charge is 2.26. The van der Waals surface area contributed by atoms with E-state index in [1.54, 1.807) is 16.3 Å². The van der Waals surface area contributed by atoms with Crippen molar-refractivity contribution in [2.24, 2.45) is 10.9 Å². The molecule has 27 heavy (non-hydrogen) atoms. The molecule has 0 unspecified atom stereocenters. The minimum Gasteiger partial charge on any atom is -0.469 e. The van der Waals surface area contributed by atoms with Gasteiger partial charge in [0.15, 0.2) is 5.96 Å². The number of ether oxygens (including phenoxy) is 1. The summed E-state index contributed by atoms with van der Waals surface area (Å²) in [6.07, 6.45) is 5.43. The van der Waals surface area contributed by atoms with Gasteiger partial charge in [-0.3, -0.25) is 14.4 Å². The molecule has 1 fully saturated rings. The molecule has 1 N–H and O–H groups in total. The van der Waals surface area contributed by atoms with Crippen LogP contribution in [0.4, 0.5) is 0 Å². The fourth-order valence-corrected chi connectivity index (χ4v) is 3.85. The van der Waals surface area contributed by atoms with Crippen LogP contribution in [0, 0.1) is 5.92 Å². The van der Waals surface area contributed by atoms with E-state index in [-0.39, 0.29) is 17.6 Å². The summed E-state index contributed by atoms with van der Waals surface area (Å²) >= 11 is 0. The molecule has 0 saturated carbocycles. The molecule has 3 heterocycles. The van der Waals surface area contributed by atoms with E-state index in [1.807, 2.05) is 0 Å². The number of carbonyl (C=O) groups excluding carboxylic acids is 1. The van der Waals surface area contributed by atoms with Crippen molar-refractivity contribution in [3.63, 3.8) is 0 Å². The average molecular weight is 378 g/mol. The van der Waals surface area contributed by atoms with Crippen molar-refractivity contribution in [2.75, 3.05) is 33.8 Å². The molecule has 0 bridgehead atoms. The van der Waals surface area contributed by atoms with Crippen molar-refractivity contribution >= 4 is 11.9 Å². The van der Waals surface area contributed by atoms with Crippen molar-refractivity contribution in [2.45, 2.75) is 51.6 Å². The molecule has 0 aromatic carbocycles. The average Bonchev–Trinajstić information content (AvgIpc) is 3.03. The summed E-state index contributed by atoms with van der Waals surface area (Å²) in [7, 11) is 3.21. The molecule has 0 amide bonds. The zero-order chi connectivity index (χ0) is 19.2. The number of piperidine rings is 1. The summed E-state index contributed by atoms with van der Waals surface area (Å²) < 4.78 is 8.23. The number of methoxy groups -OCH3 is 1. The smallest absolute Gasteiger partial charge is 0.345 e. The maximum absolute atomic E-state index is 12.3. The molecule has 0 aliphatic carbocycles. The molecular formula is C18H30N6O3. The quantitative estimate of drug-likeness (QED) is 0.341. The molecule has 9 heteroatoms.